The van der Waals surface area contributed by atoms with Gasteiger partial charge in [-0.05, 0) is 49.7 Å². The standard InChI is InChI=1S/C9H15NS/c1-8-5-7-11-9(8)4-2-3-6-10/h5,7H,2-4,6,10H2,1H3. The predicted molar refractivity (Wildman–Crippen MR) is 51.0 cm³/mol. The van der Waals surface area contributed by atoms with Crippen LogP contribution in [-0.4, -0.2) is 6.54 Å². The van der Waals surface area contributed by atoms with Gasteiger partial charge >= 0.3 is 0 Å². The first kappa shape index (κ1) is 8.75. The summed E-state index contributed by atoms with van der Waals surface area (Å²) in [6.07, 6.45) is 3.59. The van der Waals surface area contributed by atoms with E-state index in [1.165, 1.54) is 23.3 Å². The fourth-order valence-corrected chi connectivity index (χ4v) is 2.04. The van der Waals surface area contributed by atoms with Crippen LogP contribution in [0.3, 0.4) is 0 Å². The first-order chi connectivity index (χ1) is 5.34. The minimum atomic E-state index is 0.824. The van der Waals surface area contributed by atoms with Crippen molar-refractivity contribution in [3.05, 3.63) is 21.9 Å². The van der Waals surface area contributed by atoms with E-state index in [2.05, 4.69) is 18.4 Å². The summed E-state index contributed by atoms with van der Waals surface area (Å²) in [4.78, 5) is 1.53. The van der Waals surface area contributed by atoms with E-state index in [4.69, 9.17) is 5.73 Å². The summed E-state index contributed by atoms with van der Waals surface area (Å²) >= 11 is 1.86. The van der Waals surface area contributed by atoms with Crippen molar-refractivity contribution < 1.29 is 0 Å². The van der Waals surface area contributed by atoms with Gasteiger partial charge in [-0.15, -0.1) is 11.3 Å². The Kier molecular flexibility index (Phi) is 3.60. The summed E-state index contributed by atoms with van der Waals surface area (Å²) in [5.41, 5.74) is 6.85. The highest BCUT2D eigenvalue weighted by Crippen LogP contribution is 2.17. The second-order valence-electron chi connectivity index (χ2n) is 2.77. The van der Waals surface area contributed by atoms with Gasteiger partial charge in [0.25, 0.3) is 0 Å². The smallest absolute Gasteiger partial charge is 0.00744 e. The molecule has 1 nitrogen and oxygen atoms in total. The molecular weight excluding hydrogens is 154 g/mol. The molecule has 0 aliphatic heterocycles. The van der Waals surface area contributed by atoms with Crippen LogP contribution in [-0.2, 0) is 6.42 Å². The maximum atomic E-state index is 5.41. The third-order valence-electron chi connectivity index (χ3n) is 1.83. The van der Waals surface area contributed by atoms with Crippen molar-refractivity contribution in [3.8, 4) is 0 Å². The average Bonchev–Trinajstić information content (AvgIpc) is 2.37. The Hall–Kier alpha value is -0.340. The Morgan fingerprint density at radius 1 is 1.45 bits per heavy atom. The molecule has 0 aliphatic rings. The van der Waals surface area contributed by atoms with Gasteiger partial charge in [-0.2, -0.15) is 0 Å². The van der Waals surface area contributed by atoms with Crippen molar-refractivity contribution in [1.29, 1.82) is 0 Å². The van der Waals surface area contributed by atoms with Crippen LogP contribution in [0.4, 0.5) is 0 Å². The molecule has 1 aromatic heterocycles. The summed E-state index contributed by atoms with van der Waals surface area (Å²) < 4.78 is 0. The molecule has 1 aromatic rings. The summed E-state index contributed by atoms with van der Waals surface area (Å²) in [5, 5.41) is 2.16. The summed E-state index contributed by atoms with van der Waals surface area (Å²) in [6.45, 7) is 3.00. The Morgan fingerprint density at radius 3 is 2.82 bits per heavy atom. The van der Waals surface area contributed by atoms with Gasteiger partial charge in [0.1, 0.15) is 0 Å². The highest BCUT2D eigenvalue weighted by molar-refractivity contribution is 7.10. The van der Waals surface area contributed by atoms with Gasteiger partial charge in [-0.25, -0.2) is 0 Å². The Morgan fingerprint density at radius 2 is 2.27 bits per heavy atom. The Bertz CT molecular complexity index is 205. The minimum Gasteiger partial charge on any atom is -0.330 e. The first-order valence-corrected chi connectivity index (χ1v) is 4.95. The van der Waals surface area contributed by atoms with E-state index in [0.717, 1.165) is 13.0 Å². The van der Waals surface area contributed by atoms with E-state index < -0.39 is 0 Å². The van der Waals surface area contributed by atoms with Crippen molar-refractivity contribution in [1.82, 2.24) is 0 Å². The zero-order valence-corrected chi connectivity index (χ0v) is 7.79. The van der Waals surface area contributed by atoms with Gasteiger partial charge in [0.15, 0.2) is 0 Å². The van der Waals surface area contributed by atoms with E-state index in [1.807, 2.05) is 11.3 Å². The van der Waals surface area contributed by atoms with Crippen molar-refractivity contribution >= 4 is 11.3 Å². The molecule has 0 amide bonds. The molecule has 2 heteroatoms. The lowest BCUT2D eigenvalue weighted by Gasteiger charge is -1.97. The molecule has 0 aromatic carbocycles. The van der Waals surface area contributed by atoms with Crippen LogP contribution in [0, 0.1) is 6.92 Å². The number of aryl methyl sites for hydroxylation is 2. The topological polar surface area (TPSA) is 26.0 Å². The third-order valence-corrected chi connectivity index (χ3v) is 2.91. The second-order valence-corrected chi connectivity index (χ2v) is 3.77. The molecule has 0 saturated heterocycles. The molecule has 0 atom stereocenters. The molecule has 0 unspecified atom stereocenters. The number of hydrogen-bond donors (Lipinski definition) is 1. The quantitative estimate of drug-likeness (QED) is 0.688. The zero-order chi connectivity index (χ0) is 8.10. The fourth-order valence-electron chi connectivity index (χ4n) is 1.09. The van der Waals surface area contributed by atoms with Gasteiger partial charge < -0.3 is 5.73 Å². The third kappa shape index (κ3) is 2.64. The van der Waals surface area contributed by atoms with Crippen molar-refractivity contribution in [2.45, 2.75) is 26.2 Å². The van der Waals surface area contributed by atoms with Gasteiger partial charge in [-0.1, -0.05) is 0 Å². The van der Waals surface area contributed by atoms with E-state index in [1.54, 1.807) is 0 Å². The van der Waals surface area contributed by atoms with Crippen LogP contribution in [0.15, 0.2) is 11.4 Å². The molecule has 0 fully saturated rings. The van der Waals surface area contributed by atoms with Crippen molar-refractivity contribution in [2.24, 2.45) is 5.73 Å². The number of rotatable bonds is 4. The summed E-state index contributed by atoms with van der Waals surface area (Å²) in [7, 11) is 0. The van der Waals surface area contributed by atoms with Crippen LogP contribution in [0.1, 0.15) is 23.3 Å². The SMILES string of the molecule is Cc1ccsc1CCCCN. The highest BCUT2D eigenvalue weighted by atomic mass is 32.1. The van der Waals surface area contributed by atoms with Crippen LogP contribution in [0.25, 0.3) is 0 Å². The lowest BCUT2D eigenvalue weighted by molar-refractivity contribution is 0.749. The lowest BCUT2D eigenvalue weighted by atomic mass is 10.1. The maximum absolute atomic E-state index is 5.41. The molecule has 0 aliphatic carbocycles. The largest absolute Gasteiger partial charge is 0.330 e. The zero-order valence-electron chi connectivity index (χ0n) is 6.97. The number of hydrogen-bond acceptors (Lipinski definition) is 2. The van der Waals surface area contributed by atoms with Gasteiger partial charge in [0.2, 0.25) is 0 Å². The molecule has 0 radical (unpaired) electrons. The molecular formula is C9H15NS. The maximum Gasteiger partial charge on any atom is 0.00744 e. The number of unbranched alkanes of at least 4 members (excludes halogenated alkanes) is 1. The van der Waals surface area contributed by atoms with Gasteiger partial charge in [0, 0.05) is 4.88 Å². The minimum absolute atomic E-state index is 0.824. The number of nitrogens with two attached hydrogens (primary N) is 1. The van der Waals surface area contributed by atoms with E-state index in [-0.39, 0.29) is 0 Å². The Balaban J connectivity index is 2.32. The Labute approximate surface area is 72.2 Å². The first-order valence-electron chi connectivity index (χ1n) is 4.07. The molecule has 0 bridgehead atoms. The van der Waals surface area contributed by atoms with Crippen LogP contribution in [0.2, 0.25) is 0 Å². The van der Waals surface area contributed by atoms with Crippen molar-refractivity contribution in [3.63, 3.8) is 0 Å². The highest BCUT2D eigenvalue weighted by Gasteiger charge is 1.97. The second kappa shape index (κ2) is 4.52. The summed E-state index contributed by atoms with van der Waals surface area (Å²) in [6, 6.07) is 2.18. The van der Waals surface area contributed by atoms with E-state index >= 15 is 0 Å². The fraction of sp³-hybridized carbons (Fsp3) is 0.556. The number of thiophene rings is 1. The van der Waals surface area contributed by atoms with Gasteiger partial charge in [0.05, 0.1) is 0 Å². The van der Waals surface area contributed by atoms with Crippen LogP contribution >= 0.6 is 11.3 Å². The van der Waals surface area contributed by atoms with Crippen LogP contribution < -0.4 is 5.73 Å². The van der Waals surface area contributed by atoms with Crippen molar-refractivity contribution in [2.75, 3.05) is 6.54 Å². The van der Waals surface area contributed by atoms with Crippen LogP contribution in [0.5, 0.6) is 0 Å². The monoisotopic (exact) mass is 169 g/mol. The average molecular weight is 169 g/mol. The molecule has 1 rings (SSSR count). The molecule has 62 valence electrons. The molecule has 2 N–H and O–H groups in total. The van der Waals surface area contributed by atoms with E-state index in [9.17, 15) is 0 Å². The molecule has 11 heavy (non-hydrogen) atoms. The van der Waals surface area contributed by atoms with Gasteiger partial charge in [-0.3, -0.25) is 0 Å². The molecule has 0 saturated carbocycles. The predicted octanol–water partition coefficient (Wildman–Crippen LogP) is 2.34. The molecule has 1 heterocycles. The van der Waals surface area contributed by atoms with E-state index in [0.29, 0.717) is 0 Å². The lowest BCUT2D eigenvalue weighted by Crippen LogP contribution is -1.98. The summed E-state index contributed by atoms with van der Waals surface area (Å²) in [5.74, 6) is 0. The molecule has 0 spiro atoms. The normalized spacial score (nSPS) is 10.4.